The second kappa shape index (κ2) is 4.42. The summed E-state index contributed by atoms with van der Waals surface area (Å²) in [6, 6.07) is 0. The summed E-state index contributed by atoms with van der Waals surface area (Å²) in [5, 5.41) is 0. The van der Waals surface area contributed by atoms with Gasteiger partial charge in [0.1, 0.15) is 5.78 Å². The number of ether oxygens (including phenoxy) is 2. The molecule has 84 valence electrons. The lowest BCUT2D eigenvalue weighted by Gasteiger charge is -2.39. The van der Waals surface area contributed by atoms with Crippen LogP contribution in [-0.4, -0.2) is 31.9 Å². The molecular weight excluding hydrogens is 200 g/mol. The molecule has 5 nitrogen and oxygen atoms in total. The summed E-state index contributed by atoms with van der Waals surface area (Å²) in [6.07, 6.45) is 0.377. The Balaban J connectivity index is 2.76. The molecule has 1 aliphatic carbocycles. The van der Waals surface area contributed by atoms with Crippen molar-refractivity contribution >= 4 is 17.7 Å². The Bertz CT molecular complexity index is 296. The summed E-state index contributed by atoms with van der Waals surface area (Å²) < 4.78 is 9.11. The van der Waals surface area contributed by atoms with Crippen LogP contribution < -0.4 is 0 Å². The van der Waals surface area contributed by atoms with Crippen molar-refractivity contribution in [2.45, 2.75) is 13.3 Å². The van der Waals surface area contributed by atoms with Gasteiger partial charge in [0.25, 0.3) is 0 Å². The van der Waals surface area contributed by atoms with Gasteiger partial charge < -0.3 is 9.47 Å². The second-order valence-corrected chi connectivity index (χ2v) is 3.63. The van der Waals surface area contributed by atoms with Crippen molar-refractivity contribution in [1.82, 2.24) is 0 Å². The van der Waals surface area contributed by atoms with Crippen LogP contribution in [0.2, 0.25) is 0 Å². The van der Waals surface area contributed by atoms with Gasteiger partial charge in [-0.2, -0.15) is 0 Å². The quantitative estimate of drug-likeness (QED) is 0.626. The molecule has 0 aliphatic heterocycles. The van der Waals surface area contributed by atoms with Crippen LogP contribution in [0.5, 0.6) is 0 Å². The molecule has 0 aromatic carbocycles. The first-order valence-electron chi connectivity index (χ1n) is 4.69. The minimum atomic E-state index is -0.667. The number of esters is 2. The number of rotatable bonds is 3. The van der Waals surface area contributed by atoms with Crippen LogP contribution in [0.1, 0.15) is 13.3 Å². The fourth-order valence-electron chi connectivity index (χ4n) is 1.93. The molecule has 3 atom stereocenters. The summed E-state index contributed by atoms with van der Waals surface area (Å²) in [7, 11) is 2.50. The van der Waals surface area contributed by atoms with Crippen LogP contribution in [0.4, 0.5) is 0 Å². The molecule has 1 fully saturated rings. The van der Waals surface area contributed by atoms with Gasteiger partial charge in [0.05, 0.1) is 26.1 Å². The highest BCUT2D eigenvalue weighted by Crippen LogP contribution is 2.42. The molecule has 1 aliphatic rings. The van der Waals surface area contributed by atoms with Gasteiger partial charge in [-0.1, -0.05) is 0 Å². The Morgan fingerprint density at radius 2 is 1.53 bits per heavy atom. The lowest BCUT2D eigenvalue weighted by molar-refractivity contribution is -0.171. The highest BCUT2D eigenvalue weighted by molar-refractivity contribution is 5.92. The molecule has 0 heterocycles. The van der Waals surface area contributed by atoms with Crippen LogP contribution in [0, 0.1) is 17.8 Å². The summed E-state index contributed by atoms with van der Waals surface area (Å²) in [4.78, 5) is 33.8. The molecule has 1 saturated carbocycles. The van der Waals surface area contributed by atoms with Crippen molar-refractivity contribution < 1.29 is 23.9 Å². The van der Waals surface area contributed by atoms with Gasteiger partial charge in [-0.3, -0.25) is 14.4 Å². The van der Waals surface area contributed by atoms with Gasteiger partial charge in [-0.05, 0) is 13.3 Å². The Hall–Kier alpha value is -1.39. The minimum Gasteiger partial charge on any atom is -0.469 e. The van der Waals surface area contributed by atoms with E-state index in [1.807, 2.05) is 0 Å². The zero-order valence-corrected chi connectivity index (χ0v) is 8.98. The van der Waals surface area contributed by atoms with E-state index in [4.69, 9.17) is 0 Å². The number of carbonyl (C=O) groups is 3. The average Bonchev–Trinajstić information content (AvgIpc) is 2.15. The normalized spacial score (nSPS) is 28.9. The number of hydrogen-bond acceptors (Lipinski definition) is 5. The van der Waals surface area contributed by atoms with E-state index < -0.39 is 29.7 Å². The number of methoxy groups -OCH3 is 2. The van der Waals surface area contributed by atoms with Gasteiger partial charge >= 0.3 is 11.9 Å². The van der Waals surface area contributed by atoms with Gasteiger partial charge in [0, 0.05) is 5.92 Å². The van der Waals surface area contributed by atoms with Crippen molar-refractivity contribution in [2.75, 3.05) is 14.2 Å². The minimum absolute atomic E-state index is 0.0921. The molecule has 0 unspecified atom stereocenters. The van der Waals surface area contributed by atoms with E-state index in [1.165, 1.54) is 21.1 Å². The number of carbonyl (C=O) groups excluding carboxylic acids is 3. The van der Waals surface area contributed by atoms with Crippen LogP contribution in [0.25, 0.3) is 0 Å². The Kier molecular flexibility index (Phi) is 3.44. The predicted octanol–water partition coefficient (Wildman–Crippen LogP) is 0.174. The number of Topliss-reactive ketones (excluding diaryl/α,β-unsaturated/α-hetero) is 1. The van der Waals surface area contributed by atoms with Crippen LogP contribution in [0.3, 0.4) is 0 Å². The largest absolute Gasteiger partial charge is 0.469 e. The molecule has 0 aromatic heterocycles. The predicted molar refractivity (Wildman–Crippen MR) is 49.8 cm³/mol. The van der Waals surface area contributed by atoms with E-state index in [1.54, 1.807) is 0 Å². The first-order chi connectivity index (χ1) is 7.02. The van der Waals surface area contributed by atoms with Crippen molar-refractivity contribution in [3.63, 3.8) is 0 Å². The molecule has 0 saturated heterocycles. The molecular formula is C10H14O5. The average molecular weight is 214 g/mol. The highest BCUT2D eigenvalue weighted by Gasteiger charge is 2.52. The molecule has 0 radical (unpaired) electrons. The number of hydrogen-bond donors (Lipinski definition) is 0. The van der Waals surface area contributed by atoms with E-state index in [0.717, 1.165) is 0 Å². The summed E-state index contributed by atoms with van der Waals surface area (Å²) in [6.45, 7) is 1.41. The molecule has 5 heteroatoms. The van der Waals surface area contributed by atoms with Crippen molar-refractivity contribution in [3.8, 4) is 0 Å². The van der Waals surface area contributed by atoms with E-state index >= 15 is 0 Å². The molecule has 0 aromatic rings. The molecule has 15 heavy (non-hydrogen) atoms. The standard InChI is InChI=1S/C10H14O5/c1-5(11)6-4-7(9(12)14-2)8(6)10(13)15-3/h6-8H,4H2,1-3H3/t6-,7-,8-/m0/s1. The van der Waals surface area contributed by atoms with E-state index in [-0.39, 0.29) is 5.78 Å². The summed E-state index contributed by atoms with van der Waals surface area (Å²) >= 11 is 0. The molecule has 0 spiro atoms. The van der Waals surface area contributed by atoms with E-state index in [9.17, 15) is 14.4 Å². The summed E-state index contributed by atoms with van der Waals surface area (Å²) in [5.74, 6) is -2.66. The summed E-state index contributed by atoms with van der Waals surface area (Å²) in [5.41, 5.74) is 0. The Morgan fingerprint density at radius 1 is 1.00 bits per heavy atom. The maximum Gasteiger partial charge on any atom is 0.310 e. The van der Waals surface area contributed by atoms with Crippen molar-refractivity contribution in [3.05, 3.63) is 0 Å². The SMILES string of the molecule is COC(=O)[C@@H]1[C@@H](C(=O)OC)C[C@H]1C(C)=O. The molecule has 1 rings (SSSR count). The Labute approximate surface area is 87.7 Å². The third kappa shape index (κ3) is 2.00. The first kappa shape index (κ1) is 11.7. The van der Waals surface area contributed by atoms with Crippen molar-refractivity contribution in [1.29, 1.82) is 0 Å². The Morgan fingerprint density at radius 3 is 1.93 bits per heavy atom. The van der Waals surface area contributed by atoms with Gasteiger partial charge in [0.15, 0.2) is 0 Å². The van der Waals surface area contributed by atoms with E-state index in [0.29, 0.717) is 6.42 Å². The van der Waals surface area contributed by atoms with Gasteiger partial charge in [0.2, 0.25) is 0 Å². The smallest absolute Gasteiger partial charge is 0.310 e. The molecule has 0 amide bonds. The zero-order valence-electron chi connectivity index (χ0n) is 8.98. The lowest BCUT2D eigenvalue weighted by Crippen LogP contribution is -2.49. The maximum absolute atomic E-state index is 11.4. The fraction of sp³-hybridized carbons (Fsp3) is 0.700. The molecule has 0 N–H and O–H groups in total. The third-order valence-corrected chi connectivity index (χ3v) is 2.87. The van der Waals surface area contributed by atoms with Crippen LogP contribution in [0.15, 0.2) is 0 Å². The molecule has 0 bridgehead atoms. The van der Waals surface area contributed by atoms with Gasteiger partial charge in [-0.15, -0.1) is 0 Å². The van der Waals surface area contributed by atoms with E-state index in [2.05, 4.69) is 9.47 Å². The zero-order chi connectivity index (χ0) is 11.6. The fourth-order valence-corrected chi connectivity index (χ4v) is 1.93. The maximum atomic E-state index is 11.4. The lowest BCUT2D eigenvalue weighted by atomic mass is 9.63. The second-order valence-electron chi connectivity index (χ2n) is 3.63. The monoisotopic (exact) mass is 214 g/mol. The topological polar surface area (TPSA) is 69.7 Å². The highest BCUT2D eigenvalue weighted by atomic mass is 16.5. The third-order valence-electron chi connectivity index (χ3n) is 2.87. The van der Waals surface area contributed by atoms with Crippen molar-refractivity contribution in [2.24, 2.45) is 17.8 Å². The van der Waals surface area contributed by atoms with Gasteiger partial charge in [-0.25, -0.2) is 0 Å². The first-order valence-corrected chi connectivity index (χ1v) is 4.69. The van der Waals surface area contributed by atoms with Crippen LogP contribution >= 0.6 is 0 Å². The van der Waals surface area contributed by atoms with Crippen LogP contribution in [-0.2, 0) is 23.9 Å². The number of ketones is 1.